The summed E-state index contributed by atoms with van der Waals surface area (Å²) in [6.07, 6.45) is 1.77. The van der Waals surface area contributed by atoms with Crippen LogP contribution in [0.15, 0.2) is 53.0 Å². The average Bonchev–Trinajstić information content (AvgIpc) is 2.52. The number of carboxylic acids is 1. The number of aliphatic carboxylic acids is 1. The molecule has 0 radical (unpaired) electrons. The van der Waals surface area contributed by atoms with E-state index in [2.05, 4.69) is 22.0 Å². The molecule has 0 saturated carbocycles. The van der Waals surface area contributed by atoms with Crippen molar-refractivity contribution in [1.82, 2.24) is 0 Å². The Balaban J connectivity index is 2.18. The minimum atomic E-state index is -1.02. The summed E-state index contributed by atoms with van der Waals surface area (Å²) in [5.74, 6) is -0.548. The smallest absolute Gasteiger partial charge is 0.341 e. The van der Waals surface area contributed by atoms with Crippen LogP contribution in [-0.4, -0.2) is 17.7 Å². The van der Waals surface area contributed by atoms with E-state index in [1.165, 1.54) is 0 Å². The number of ether oxygens (including phenoxy) is 1. The maximum Gasteiger partial charge on any atom is 0.341 e. The lowest BCUT2D eigenvalue weighted by atomic mass is 10.0. The highest BCUT2D eigenvalue weighted by Crippen LogP contribution is 2.21. The van der Waals surface area contributed by atoms with Gasteiger partial charge in [0.15, 0.2) is 6.61 Å². The zero-order valence-electron chi connectivity index (χ0n) is 11.5. The maximum atomic E-state index is 10.4. The van der Waals surface area contributed by atoms with Crippen molar-refractivity contribution in [2.45, 2.75) is 0 Å². The lowest BCUT2D eigenvalue weighted by molar-refractivity contribution is -0.139. The fourth-order valence-corrected chi connectivity index (χ4v) is 2.05. The Bertz CT molecular complexity index is 728. The van der Waals surface area contributed by atoms with Gasteiger partial charge in [-0.1, -0.05) is 40.2 Å². The molecule has 0 aromatic heterocycles. The number of benzene rings is 2. The molecular formula is C17H12BrNO3. The second-order valence-electron chi connectivity index (χ2n) is 4.43. The van der Waals surface area contributed by atoms with Crippen LogP contribution in [-0.2, 0) is 4.79 Å². The fourth-order valence-electron chi connectivity index (χ4n) is 1.78. The minimum Gasteiger partial charge on any atom is -0.482 e. The van der Waals surface area contributed by atoms with Gasteiger partial charge < -0.3 is 9.84 Å². The van der Waals surface area contributed by atoms with Crippen molar-refractivity contribution in [1.29, 1.82) is 5.26 Å². The first-order valence-electron chi connectivity index (χ1n) is 6.41. The van der Waals surface area contributed by atoms with Crippen LogP contribution in [0.5, 0.6) is 5.75 Å². The summed E-state index contributed by atoms with van der Waals surface area (Å²) in [6, 6.07) is 16.5. The van der Waals surface area contributed by atoms with Crippen molar-refractivity contribution in [3.05, 3.63) is 64.1 Å². The second kappa shape index (κ2) is 7.43. The molecule has 0 heterocycles. The third-order valence-electron chi connectivity index (χ3n) is 2.83. The van der Waals surface area contributed by atoms with Gasteiger partial charge in [0.1, 0.15) is 5.75 Å². The average molecular weight is 358 g/mol. The Hall–Kier alpha value is -2.58. The normalized spacial score (nSPS) is 10.8. The molecule has 2 aromatic rings. The summed E-state index contributed by atoms with van der Waals surface area (Å²) < 4.78 is 6.01. The number of nitrogens with zero attached hydrogens (tertiary/aromatic N) is 1. The fraction of sp³-hybridized carbons (Fsp3) is 0.0588. The van der Waals surface area contributed by atoms with Crippen molar-refractivity contribution in [2.75, 3.05) is 6.61 Å². The van der Waals surface area contributed by atoms with Gasteiger partial charge >= 0.3 is 5.97 Å². The van der Waals surface area contributed by atoms with Gasteiger partial charge in [0.2, 0.25) is 0 Å². The van der Waals surface area contributed by atoms with Crippen LogP contribution >= 0.6 is 15.9 Å². The maximum absolute atomic E-state index is 10.4. The number of halogens is 1. The quantitative estimate of drug-likeness (QED) is 0.648. The summed E-state index contributed by atoms with van der Waals surface area (Å²) in [5.41, 5.74) is 2.21. The predicted octanol–water partition coefficient (Wildman–Crippen LogP) is 3.98. The van der Waals surface area contributed by atoms with Gasteiger partial charge in [-0.05, 0) is 41.5 Å². The van der Waals surface area contributed by atoms with E-state index in [0.717, 1.165) is 15.6 Å². The van der Waals surface area contributed by atoms with Crippen LogP contribution in [0.1, 0.15) is 11.1 Å². The lowest BCUT2D eigenvalue weighted by Crippen LogP contribution is -2.09. The molecule has 0 aliphatic heterocycles. The van der Waals surface area contributed by atoms with E-state index in [9.17, 15) is 10.1 Å². The molecule has 0 unspecified atom stereocenters. The summed E-state index contributed by atoms with van der Waals surface area (Å²) in [7, 11) is 0. The number of nitriles is 1. The summed E-state index contributed by atoms with van der Waals surface area (Å²) >= 11 is 3.36. The molecule has 110 valence electrons. The second-order valence-corrected chi connectivity index (χ2v) is 5.34. The summed E-state index contributed by atoms with van der Waals surface area (Å²) in [5, 5.41) is 17.8. The van der Waals surface area contributed by atoms with E-state index in [4.69, 9.17) is 9.84 Å². The molecule has 1 N–H and O–H groups in total. The van der Waals surface area contributed by atoms with Crippen LogP contribution in [0.4, 0.5) is 0 Å². The van der Waals surface area contributed by atoms with Gasteiger partial charge in [0.05, 0.1) is 11.6 Å². The molecule has 0 spiro atoms. The van der Waals surface area contributed by atoms with Gasteiger partial charge in [-0.25, -0.2) is 4.79 Å². The third-order valence-corrected chi connectivity index (χ3v) is 3.36. The standard InChI is InChI=1S/C17H12BrNO3/c18-15-5-3-13(4-6-15)14(10-19)9-12-1-7-16(8-2-12)22-11-17(20)21/h1-9H,11H2,(H,20,21)/b14-9-. The van der Waals surface area contributed by atoms with Gasteiger partial charge in [-0.2, -0.15) is 5.26 Å². The van der Waals surface area contributed by atoms with Crippen molar-refractivity contribution in [3.8, 4) is 11.8 Å². The molecule has 22 heavy (non-hydrogen) atoms. The molecule has 0 saturated heterocycles. The first-order valence-corrected chi connectivity index (χ1v) is 7.20. The van der Waals surface area contributed by atoms with Crippen molar-refractivity contribution in [3.63, 3.8) is 0 Å². The SMILES string of the molecule is N#C/C(=C/c1ccc(OCC(=O)O)cc1)c1ccc(Br)cc1. The largest absolute Gasteiger partial charge is 0.482 e. The number of rotatable bonds is 5. The monoisotopic (exact) mass is 357 g/mol. The number of carbonyl (C=O) groups is 1. The number of hydrogen-bond donors (Lipinski definition) is 1. The Morgan fingerprint density at radius 1 is 1.18 bits per heavy atom. The first-order chi connectivity index (χ1) is 10.6. The molecule has 2 aromatic carbocycles. The molecule has 0 amide bonds. The highest BCUT2D eigenvalue weighted by Gasteiger charge is 2.02. The van der Waals surface area contributed by atoms with Crippen LogP contribution in [0.25, 0.3) is 11.6 Å². The molecule has 0 atom stereocenters. The Kier molecular flexibility index (Phi) is 5.34. The van der Waals surface area contributed by atoms with E-state index in [0.29, 0.717) is 11.3 Å². The van der Waals surface area contributed by atoms with Crippen LogP contribution in [0, 0.1) is 11.3 Å². The molecule has 4 nitrogen and oxygen atoms in total. The zero-order valence-corrected chi connectivity index (χ0v) is 13.1. The van der Waals surface area contributed by atoms with Gasteiger partial charge in [-0.3, -0.25) is 0 Å². The number of hydrogen-bond acceptors (Lipinski definition) is 3. The predicted molar refractivity (Wildman–Crippen MR) is 87.2 cm³/mol. The molecule has 2 rings (SSSR count). The third kappa shape index (κ3) is 4.47. The Labute approximate surface area is 136 Å². The van der Waals surface area contributed by atoms with E-state index in [-0.39, 0.29) is 6.61 Å². The number of allylic oxidation sites excluding steroid dienone is 1. The molecular weight excluding hydrogens is 346 g/mol. The van der Waals surface area contributed by atoms with Crippen molar-refractivity contribution in [2.24, 2.45) is 0 Å². The van der Waals surface area contributed by atoms with Crippen molar-refractivity contribution < 1.29 is 14.6 Å². The molecule has 5 heteroatoms. The summed E-state index contributed by atoms with van der Waals surface area (Å²) in [4.78, 5) is 10.4. The van der Waals surface area contributed by atoms with Gasteiger partial charge in [0.25, 0.3) is 0 Å². The highest BCUT2D eigenvalue weighted by molar-refractivity contribution is 9.10. The van der Waals surface area contributed by atoms with E-state index in [1.807, 2.05) is 24.3 Å². The molecule has 0 aliphatic rings. The molecule has 0 bridgehead atoms. The minimum absolute atomic E-state index is 0.377. The van der Waals surface area contributed by atoms with Crippen LogP contribution in [0.3, 0.4) is 0 Å². The van der Waals surface area contributed by atoms with E-state index in [1.54, 1.807) is 30.3 Å². The molecule has 0 aliphatic carbocycles. The first kappa shape index (κ1) is 15.8. The Morgan fingerprint density at radius 2 is 1.82 bits per heavy atom. The molecule has 0 fully saturated rings. The Morgan fingerprint density at radius 3 is 2.36 bits per heavy atom. The van der Waals surface area contributed by atoms with E-state index < -0.39 is 5.97 Å². The summed E-state index contributed by atoms with van der Waals surface area (Å²) in [6.45, 7) is -0.377. The lowest BCUT2D eigenvalue weighted by Gasteiger charge is -2.04. The zero-order chi connectivity index (χ0) is 15.9. The highest BCUT2D eigenvalue weighted by atomic mass is 79.9. The van der Waals surface area contributed by atoms with Gasteiger partial charge in [0, 0.05) is 4.47 Å². The van der Waals surface area contributed by atoms with Crippen LogP contribution in [0.2, 0.25) is 0 Å². The topological polar surface area (TPSA) is 70.3 Å². The van der Waals surface area contributed by atoms with Crippen molar-refractivity contribution >= 4 is 33.5 Å². The number of carboxylic acid groups (broad SMARTS) is 1. The van der Waals surface area contributed by atoms with Crippen LogP contribution < -0.4 is 4.74 Å². The van der Waals surface area contributed by atoms with E-state index >= 15 is 0 Å². The van der Waals surface area contributed by atoms with Gasteiger partial charge in [-0.15, -0.1) is 0 Å².